The quantitative estimate of drug-likeness (QED) is 0.793. The molecule has 0 bridgehead atoms. The summed E-state index contributed by atoms with van der Waals surface area (Å²) < 4.78 is 0.931. The van der Waals surface area contributed by atoms with Gasteiger partial charge in [0.2, 0.25) is 5.91 Å². The van der Waals surface area contributed by atoms with E-state index in [0.717, 1.165) is 23.0 Å². The van der Waals surface area contributed by atoms with E-state index in [0.29, 0.717) is 0 Å². The number of hydrogen-bond acceptors (Lipinski definition) is 2. The largest absolute Gasteiger partial charge is 0.325 e. The van der Waals surface area contributed by atoms with Crippen LogP contribution in [0, 0.1) is 12.3 Å². The van der Waals surface area contributed by atoms with Crippen molar-refractivity contribution in [2.24, 2.45) is 0 Å². The van der Waals surface area contributed by atoms with E-state index in [2.05, 4.69) is 39.4 Å². The molecule has 1 atom stereocenters. The third kappa shape index (κ3) is 5.35. The van der Waals surface area contributed by atoms with Gasteiger partial charge >= 0.3 is 0 Å². The molecule has 0 saturated heterocycles. The summed E-state index contributed by atoms with van der Waals surface area (Å²) in [6.45, 7) is 2.29. The van der Waals surface area contributed by atoms with Crippen molar-refractivity contribution >= 4 is 27.5 Å². The summed E-state index contributed by atoms with van der Waals surface area (Å²) in [6, 6.07) is 7.43. The molecule has 4 heteroatoms. The van der Waals surface area contributed by atoms with E-state index in [1.165, 1.54) is 0 Å². The van der Waals surface area contributed by atoms with E-state index in [1.54, 1.807) is 0 Å². The maximum atomic E-state index is 11.7. The number of halogens is 1. The number of carbonyl (C=O) groups excluding carboxylic acids is 1. The molecule has 0 heterocycles. The van der Waals surface area contributed by atoms with Crippen molar-refractivity contribution in [3.05, 3.63) is 28.7 Å². The second-order valence-electron chi connectivity index (χ2n) is 3.95. The smallest absolute Gasteiger partial charge is 0.238 e. The number of amides is 1. The predicted octanol–water partition coefficient (Wildman–Crippen LogP) is 2.78. The number of rotatable bonds is 6. The van der Waals surface area contributed by atoms with Crippen LogP contribution < -0.4 is 10.6 Å². The molecule has 0 radical (unpaired) electrons. The van der Waals surface area contributed by atoms with Crippen molar-refractivity contribution in [3.63, 3.8) is 0 Å². The van der Waals surface area contributed by atoms with Crippen LogP contribution in [0.1, 0.15) is 19.8 Å². The second-order valence-corrected chi connectivity index (χ2v) is 4.86. The molecule has 0 aliphatic heterocycles. The van der Waals surface area contributed by atoms with Crippen LogP contribution >= 0.6 is 15.9 Å². The third-order valence-electron chi connectivity index (χ3n) is 2.40. The monoisotopic (exact) mass is 308 g/mol. The maximum Gasteiger partial charge on any atom is 0.238 e. The Morgan fingerprint density at radius 3 is 2.94 bits per heavy atom. The molecule has 0 fully saturated rings. The molecule has 1 rings (SSSR count). The predicted molar refractivity (Wildman–Crippen MR) is 78.3 cm³/mol. The average molecular weight is 309 g/mol. The molecule has 18 heavy (non-hydrogen) atoms. The van der Waals surface area contributed by atoms with Gasteiger partial charge in [0.25, 0.3) is 0 Å². The summed E-state index contributed by atoms with van der Waals surface area (Å²) in [5, 5.41) is 5.85. The lowest BCUT2D eigenvalue weighted by molar-refractivity contribution is -0.115. The molecule has 1 aromatic rings. The van der Waals surface area contributed by atoms with Crippen LogP contribution in [0.15, 0.2) is 28.7 Å². The minimum Gasteiger partial charge on any atom is -0.325 e. The van der Waals surface area contributed by atoms with Gasteiger partial charge in [-0.1, -0.05) is 41.3 Å². The van der Waals surface area contributed by atoms with Gasteiger partial charge in [-0.3, -0.25) is 10.1 Å². The zero-order valence-electron chi connectivity index (χ0n) is 10.4. The number of benzene rings is 1. The number of hydrogen-bond donors (Lipinski definition) is 2. The Morgan fingerprint density at radius 1 is 1.56 bits per heavy atom. The lowest BCUT2D eigenvalue weighted by Crippen LogP contribution is -2.35. The third-order valence-corrected chi connectivity index (χ3v) is 2.89. The first-order chi connectivity index (χ1) is 8.65. The lowest BCUT2D eigenvalue weighted by Gasteiger charge is -2.12. The van der Waals surface area contributed by atoms with Gasteiger partial charge in [0.1, 0.15) is 0 Å². The Labute approximate surface area is 116 Å². The van der Waals surface area contributed by atoms with Gasteiger partial charge in [0.05, 0.1) is 12.6 Å². The Balaban J connectivity index is 2.40. The molecule has 0 aliphatic carbocycles. The SMILES string of the molecule is C#CC(CCC)NCC(=O)Nc1cccc(Br)c1. The summed E-state index contributed by atoms with van der Waals surface area (Å²) >= 11 is 3.35. The molecule has 3 nitrogen and oxygen atoms in total. The molecule has 1 unspecified atom stereocenters. The van der Waals surface area contributed by atoms with Crippen molar-refractivity contribution < 1.29 is 4.79 Å². The molecule has 0 aliphatic rings. The summed E-state index contributed by atoms with van der Waals surface area (Å²) in [4.78, 5) is 11.7. The zero-order chi connectivity index (χ0) is 13.4. The highest BCUT2D eigenvalue weighted by Gasteiger charge is 2.06. The van der Waals surface area contributed by atoms with E-state index < -0.39 is 0 Å². The minimum absolute atomic E-state index is 0.0386. The van der Waals surface area contributed by atoms with E-state index in [1.807, 2.05) is 24.3 Å². The van der Waals surface area contributed by atoms with Crippen LogP contribution in [0.4, 0.5) is 5.69 Å². The Bertz CT molecular complexity index is 440. The van der Waals surface area contributed by atoms with Crippen molar-refractivity contribution in [2.75, 3.05) is 11.9 Å². The standard InChI is InChI=1S/C14H17BrN2O/c1-3-6-12(4-2)16-10-14(18)17-13-8-5-7-11(15)9-13/h2,5,7-9,12,16H,3,6,10H2,1H3,(H,17,18). The molecule has 1 aromatic carbocycles. The number of nitrogens with one attached hydrogen (secondary N) is 2. The van der Waals surface area contributed by atoms with Crippen molar-refractivity contribution in [1.29, 1.82) is 0 Å². The highest BCUT2D eigenvalue weighted by atomic mass is 79.9. The molecule has 1 amide bonds. The van der Waals surface area contributed by atoms with Crippen molar-refractivity contribution in [3.8, 4) is 12.3 Å². The first kappa shape index (κ1) is 14.7. The minimum atomic E-state index is -0.0931. The van der Waals surface area contributed by atoms with E-state index in [9.17, 15) is 4.79 Å². The van der Waals surface area contributed by atoms with Gasteiger partial charge < -0.3 is 5.32 Å². The Kier molecular flexibility index (Phi) is 6.48. The van der Waals surface area contributed by atoms with E-state index in [-0.39, 0.29) is 18.5 Å². The second kappa shape index (κ2) is 7.91. The van der Waals surface area contributed by atoms with Crippen LogP contribution in [-0.4, -0.2) is 18.5 Å². The summed E-state index contributed by atoms with van der Waals surface area (Å²) in [7, 11) is 0. The number of terminal acetylenes is 1. The van der Waals surface area contributed by atoms with Gasteiger partial charge in [0, 0.05) is 10.2 Å². The van der Waals surface area contributed by atoms with Crippen LogP contribution in [0.3, 0.4) is 0 Å². The normalized spacial score (nSPS) is 11.6. The highest BCUT2D eigenvalue weighted by molar-refractivity contribution is 9.10. The van der Waals surface area contributed by atoms with Gasteiger partial charge in [-0.2, -0.15) is 0 Å². The number of anilines is 1. The van der Waals surface area contributed by atoms with Gasteiger partial charge in [-0.05, 0) is 24.6 Å². The molecular weight excluding hydrogens is 292 g/mol. The Hall–Kier alpha value is -1.31. The van der Waals surface area contributed by atoms with Gasteiger partial charge in [-0.25, -0.2) is 0 Å². The molecule has 96 valence electrons. The number of carbonyl (C=O) groups is 1. The molecule has 0 spiro atoms. The van der Waals surface area contributed by atoms with Crippen LogP contribution in [0.25, 0.3) is 0 Å². The first-order valence-corrected chi connectivity index (χ1v) is 6.70. The van der Waals surface area contributed by atoms with Crippen molar-refractivity contribution in [1.82, 2.24) is 5.32 Å². The van der Waals surface area contributed by atoms with Crippen LogP contribution in [0.2, 0.25) is 0 Å². The average Bonchev–Trinajstić information content (AvgIpc) is 2.34. The summed E-state index contributed by atoms with van der Waals surface area (Å²) in [5.74, 6) is 2.54. The van der Waals surface area contributed by atoms with Crippen molar-refractivity contribution in [2.45, 2.75) is 25.8 Å². The van der Waals surface area contributed by atoms with E-state index in [4.69, 9.17) is 6.42 Å². The summed E-state index contributed by atoms with van der Waals surface area (Å²) in [5.41, 5.74) is 0.768. The maximum absolute atomic E-state index is 11.7. The molecule has 0 aromatic heterocycles. The zero-order valence-corrected chi connectivity index (χ0v) is 12.0. The Morgan fingerprint density at radius 2 is 2.33 bits per heavy atom. The van der Waals surface area contributed by atoms with E-state index >= 15 is 0 Å². The molecular formula is C14H17BrN2O. The van der Waals surface area contributed by atoms with Crippen LogP contribution in [-0.2, 0) is 4.79 Å². The molecule has 2 N–H and O–H groups in total. The fraction of sp³-hybridized carbons (Fsp3) is 0.357. The van der Waals surface area contributed by atoms with Gasteiger partial charge in [-0.15, -0.1) is 6.42 Å². The first-order valence-electron chi connectivity index (χ1n) is 5.90. The fourth-order valence-corrected chi connectivity index (χ4v) is 1.92. The highest BCUT2D eigenvalue weighted by Crippen LogP contribution is 2.15. The van der Waals surface area contributed by atoms with Gasteiger partial charge in [0.15, 0.2) is 0 Å². The lowest BCUT2D eigenvalue weighted by atomic mass is 10.2. The molecule has 0 saturated carbocycles. The summed E-state index contributed by atoms with van der Waals surface area (Å²) in [6.07, 6.45) is 7.24. The van der Waals surface area contributed by atoms with Crippen LogP contribution in [0.5, 0.6) is 0 Å². The fourth-order valence-electron chi connectivity index (χ4n) is 1.52. The topological polar surface area (TPSA) is 41.1 Å².